The Hall–Kier alpha value is -1.81. The van der Waals surface area contributed by atoms with Crippen molar-refractivity contribution in [2.75, 3.05) is 0 Å². The molecule has 5 heteroatoms. The van der Waals surface area contributed by atoms with E-state index in [1.807, 2.05) is 30.3 Å². The topological polar surface area (TPSA) is 23.8 Å². The fourth-order valence-electron chi connectivity index (χ4n) is 1.78. The molecule has 0 heterocycles. The Morgan fingerprint density at radius 1 is 1.10 bits per heavy atom. The Kier molecular flexibility index (Phi) is 4.68. The van der Waals surface area contributed by atoms with Crippen molar-refractivity contribution in [1.29, 1.82) is 5.26 Å². The van der Waals surface area contributed by atoms with E-state index in [-0.39, 0.29) is 0 Å². The lowest BCUT2D eigenvalue weighted by Gasteiger charge is -2.07. The van der Waals surface area contributed by atoms with Crippen molar-refractivity contribution in [1.82, 2.24) is 0 Å². The predicted molar refractivity (Wildman–Crippen MR) is 84.1 cm³/mol. The Bertz CT molecular complexity index is 710. The van der Waals surface area contributed by atoms with Crippen LogP contribution in [0.4, 0.5) is 13.2 Å². The molecule has 0 bridgehead atoms. The van der Waals surface area contributed by atoms with Crippen LogP contribution in [-0.2, 0) is 6.18 Å². The van der Waals surface area contributed by atoms with Crippen LogP contribution in [0.25, 0.3) is 11.6 Å². The van der Waals surface area contributed by atoms with Gasteiger partial charge in [-0.25, -0.2) is 0 Å². The van der Waals surface area contributed by atoms with Crippen molar-refractivity contribution in [3.05, 3.63) is 68.8 Å². The molecule has 0 aliphatic heterocycles. The van der Waals surface area contributed by atoms with E-state index >= 15 is 0 Å². The zero-order valence-corrected chi connectivity index (χ0v) is 12.8. The van der Waals surface area contributed by atoms with Gasteiger partial charge < -0.3 is 0 Å². The van der Waals surface area contributed by atoms with E-state index in [2.05, 4.69) is 22.6 Å². The van der Waals surface area contributed by atoms with E-state index < -0.39 is 11.7 Å². The lowest BCUT2D eigenvalue weighted by atomic mass is 10.0. The summed E-state index contributed by atoms with van der Waals surface area (Å²) in [5.41, 5.74) is 0.895. The minimum Gasteiger partial charge on any atom is -0.192 e. The summed E-state index contributed by atoms with van der Waals surface area (Å²) in [4.78, 5) is 0. The van der Waals surface area contributed by atoms with Crippen LogP contribution in [0.2, 0.25) is 0 Å². The first-order chi connectivity index (χ1) is 9.90. The molecule has 0 fully saturated rings. The molecular formula is C16H9F3IN. The normalized spacial score (nSPS) is 12.0. The van der Waals surface area contributed by atoms with Gasteiger partial charge in [-0.1, -0.05) is 24.3 Å². The summed E-state index contributed by atoms with van der Waals surface area (Å²) >= 11 is 2.15. The van der Waals surface area contributed by atoms with Crippen LogP contribution >= 0.6 is 22.6 Å². The number of alkyl halides is 3. The molecule has 1 nitrogen and oxygen atoms in total. The fraction of sp³-hybridized carbons (Fsp3) is 0.0625. The van der Waals surface area contributed by atoms with Crippen molar-refractivity contribution in [2.24, 2.45) is 0 Å². The first kappa shape index (κ1) is 15.6. The molecule has 106 valence electrons. The molecule has 0 saturated heterocycles. The van der Waals surface area contributed by atoms with Gasteiger partial charge in [0.2, 0.25) is 0 Å². The second-order valence-electron chi connectivity index (χ2n) is 4.30. The van der Waals surface area contributed by atoms with Gasteiger partial charge in [0.1, 0.15) is 0 Å². The zero-order chi connectivity index (χ0) is 15.5. The summed E-state index contributed by atoms with van der Waals surface area (Å²) in [5, 5.41) is 9.20. The van der Waals surface area contributed by atoms with Gasteiger partial charge in [-0.3, -0.25) is 0 Å². The summed E-state index contributed by atoms with van der Waals surface area (Å²) in [6, 6.07) is 14.1. The third-order valence-corrected chi connectivity index (χ3v) is 3.47. The zero-order valence-electron chi connectivity index (χ0n) is 10.7. The Morgan fingerprint density at radius 3 is 2.29 bits per heavy atom. The Morgan fingerprint density at radius 2 is 1.76 bits per heavy atom. The van der Waals surface area contributed by atoms with Crippen LogP contribution in [0.1, 0.15) is 16.7 Å². The molecule has 2 rings (SSSR count). The monoisotopic (exact) mass is 399 g/mol. The highest BCUT2D eigenvalue weighted by molar-refractivity contribution is 14.1. The molecule has 0 aliphatic rings. The maximum Gasteiger partial charge on any atom is 0.416 e. The van der Waals surface area contributed by atoms with E-state index in [0.29, 0.717) is 11.1 Å². The average molecular weight is 399 g/mol. The first-order valence-electron chi connectivity index (χ1n) is 5.95. The molecule has 0 unspecified atom stereocenters. The Labute approximate surface area is 133 Å². The molecule has 0 atom stereocenters. The van der Waals surface area contributed by atoms with Crippen LogP contribution in [0, 0.1) is 14.9 Å². The van der Waals surface area contributed by atoms with E-state index in [4.69, 9.17) is 0 Å². The molecule has 0 spiro atoms. The fourth-order valence-corrected chi connectivity index (χ4v) is 2.35. The minimum absolute atomic E-state index is 0.325. The molecule has 0 saturated carbocycles. The summed E-state index contributed by atoms with van der Waals surface area (Å²) in [5.74, 6) is 0. The smallest absolute Gasteiger partial charge is 0.192 e. The van der Waals surface area contributed by atoms with Crippen LogP contribution in [-0.4, -0.2) is 0 Å². The van der Waals surface area contributed by atoms with Gasteiger partial charge in [-0.15, -0.1) is 0 Å². The largest absolute Gasteiger partial charge is 0.416 e. The van der Waals surface area contributed by atoms with Crippen molar-refractivity contribution < 1.29 is 13.2 Å². The number of rotatable bonds is 2. The standard InChI is InChI=1S/C16H9F3IN/c17-16(18,19)14-6-4-12(5-7-14)13(10-21)8-11-2-1-3-15(20)9-11/h1-9H. The highest BCUT2D eigenvalue weighted by Crippen LogP contribution is 2.30. The average Bonchev–Trinajstić information content (AvgIpc) is 2.44. The lowest BCUT2D eigenvalue weighted by Crippen LogP contribution is -2.04. The molecule has 2 aromatic rings. The molecular weight excluding hydrogens is 390 g/mol. The first-order valence-corrected chi connectivity index (χ1v) is 7.03. The van der Waals surface area contributed by atoms with E-state index in [9.17, 15) is 18.4 Å². The summed E-state index contributed by atoms with van der Waals surface area (Å²) < 4.78 is 38.6. The van der Waals surface area contributed by atoms with E-state index in [1.54, 1.807) is 6.08 Å². The quantitative estimate of drug-likeness (QED) is 0.378. The molecule has 0 N–H and O–H groups in total. The van der Waals surface area contributed by atoms with Gasteiger partial charge >= 0.3 is 6.18 Å². The van der Waals surface area contributed by atoms with E-state index in [1.165, 1.54) is 12.1 Å². The molecule has 2 aromatic carbocycles. The third-order valence-electron chi connectivity index (χ3n) is 2.80. The summed E-state index contributed by atoms with van der Waals surface area (Å²) in [6.45, 7) is 0. The number of halogens is 4. The van der Waals surface area contributed by atoms with Crippen LogP contribution < -0.4 is 0 Å². The molecule has 0 radical (unpaired) electrons. The number of nitriles is 1. The number of nitrogens with zero attached hydrogens (tertiary/aromatic N) is 1. The number of hydrogen-bond acceptors (Lipinski definition) is 1. The number of allylic oxidation sites excluding steroid dienone is 1. The van der Waals surface area contributed by atoms with Crippen LogP contribution in [0.15, 0.2) is 48.5 Å². The van der Waals surface area contributed by atoms with Crippen molar-refractivity contribution >= 4 is 34.2 Å². The predicted octanol–water partition coefficient (Wildman–Crippen LogP) is 5.37. The molecule has 21 heavy (non-hydrogen) atoms. The van der Waals surface area contributed by atoms with Gasteiger partial charge in [-0.05, 0) is 64.1 Å². The van der Waals surface area contributed by atoms with Crippen molar-refractivity contribution in [3.63, 3.8) is 0 Å². The van der Waals surface area contributed by atoms with Crippen LogP contribution in [0.5, 0.6) is 0 Å². The maximum atomic E-state index is 12.5. The summed E-state index contributed by atoms with van der Waals surface area (Å²) in [6.07, 6.45) is -2.71. The highest BCUT2D eigenvalue weighted by atomic mass is 127. The number of benzene rings is 2. The summed E-state index contributed by atoms with van der Waals surface area (Å²) in [7, 11) is 0. The van der Waals surface area contributed by atoms with Crippen LogP contribution in [0.3, 0.4) is 0 Å². The van der Waals surface area contributed by atoms with Gasteiger partial charge in [-0.2, -0.15) is 18.4 Å². The van der Waals surface area contributed by atoms with Crippen molar-refractivity contribution in [3.8, 4) is 6.07 Å². The maximum absolute atomic E-state index is 12.5. The lowest BCUT2D eigenvalue weighted by molar-refractivity contribution is -0.137. The molecule has 0 aliphatic carbocycles. The van der Waals surface area contributed by atoms with Gasteiger partial charge in [0.25, 0.3) is 0 Å². The second kappa shape index (κ2) is 6.31. The SMILES string of the molecule is N#CC(=Cc1cccc(I)c1)c1ccc(C(F)(F)F)cc1. The van der Waals surface area contributed by atoms with Gasteiger partial charge in [0.15, 0.2) is 0 Å². The third kappa shape index (κ3) is 4.08. The highest BCUT2D eigenvalue weighted by Gasteiger charge is 2.30. The minimum atomic E-state index is -4.37. The molecule has 0 aromatic heterocycles. The van der Waals surface area contributed by atoms with Crippen molar-refractivity contribution in [2.45, 2.75) is 6.18 Å². The van der Waals surface area contributed by atoms with E-state index in [0.717, 1.165) is 21.3 Å². The molecule has 0 amide bonds. The van der Waals surface area contributed by atoms with Gasteiger partial charge in [0, 0.05) is 3.57 Å². The van der Waals surface area contributed by atoms with Gasteiger partial charge in [0.05, 0.1) is 17.2 Å². The number of hydrogen-bond donors (Lipinski definition) is 0. The second-order valence-corrected chi connectivity index (χ2v) is 5.55. The Balaban J connectivity index is 2.36.